The van der Waals surface area contributed by atoms with Crippen molar-refractivity contribution in [3.05, 3.63) is 28.6 Å². The van der Waals surface area contributed by atoms with E-state index in [1.165, 1.54) is 0 Å². The molecule has 1 aromatic rings. The van der Waals surface area contributed by atoms with Gasteiger partial charge in [-0.2, -0.15) is 0 Å². The van der Waals surface area contributed by atoms with Crippen LogP contribution in [0.25, 0.3) is 10.4 Å². The van der Waals surface area contributed by atoms with Crippen LogP contribution in [0.5, 0.6) is 0 Å². The fourth-order valence-corrected chi connectivity index (χ4v) is 2.04. The Balaban J connectivity index is 1.79. The van der Waals surface area contributed by atoms with Crippen LogP contribution in [-0.4, -0.2) is 11.8 Å². The van der Waals surface area contributed by atoms with Gasteiger partial charge in [-0.3, -0.25) is 9.59 Å². The molecule has 2 amide bonds. The Bertz CT molecular complexity index is 599. The van der Waals surface area contributed by atoms with Gasteiger partial charge in [0, 0.05) is 33.8 Å². The quantitative estimate of drug-likeness (QED) is 0.491. The second kappa shape index (κ2) is 5.46. The van der Waals surface area contributed by atoms with Crippen LogP contribution in [-0.2, 0) is 9.59 Å². The van der Waals surface area contributed by atoms with Crippen LogP contribution < -0.4 is 10.6 Å². The van der Waals surface area contributed by atoms with E-state index in [0.717, 1.165) is 25.7 Å². The third-order valence-corrected chi connectivity index (χ3v) is 3.51. The van der Waals surface area contributed by atoms with E-state index in [-0.39, 0.29) is 23.7 Å². The van der Waals surface area contributed by atoms with Gasteiger partial charge in [0.25, 0.3) is 0 Å². The first kappa shape index (κ1) is 13.5. The predicted molar refractivity (Wildman–Crippen MR) is 78.0 cm³/mol. The second-order valence-corrected chi connectivity index (χ2v) is 5.49. The van der Waals surface area contributed by atoms with Crippen molar-refractivity contribution >= 4 is 28.9 Å². The highest BCUT2D eigenvalue weighted by atomic mass is 16.2. The Morgan fingerprint density at radius 3 is 1.86 bits per heavy atom. The van der Waals surface area contributed by atoms with Gasteiger partial charge in [0.1, 0.15) is 0 Å². The third kappa shape index (κ3) is 3.52. The van der Waals surface area contributed by atoms with Gasteiger partial charge in [0.05, 0.1) is 0 Å². The number of anilines is 2. The Hall–Kier alpha value is -2.53. The van der Waals surface area contributed by atoms with Gasteiger partial charge < -0.3 is 10.6 Å². The molecule has 0 bridgehead atoms. The molecule has 7 nitrogen and oxygen atoms in total. The molecular formula is C14H15N5O2. The first-order valence-corrected chi connectivity index (χ1v) is 6.97. The number of rotatable bonds is 5. The third-order valence-electron chi connectivity index (χ3n) is 3.51. The zero-order valence-corrected chi connectivity index (χ0v) is 11.4. The van der Waals surface area contributed by atoms with Crippen LogP contribution in [0.15, 0.2) is 23.3 Å². The fraction of sp³-hybridized carbons (Fsp3) is 0.429. The number of hydrogen-bond donors (Lipinski definition) is 2. The lowest BCUT2D eigenvalue weighted by Gasteiger charge is -2.10. The van der Waals surface area contributed by atoms with Crippen LogP contribution in [0.3, 0.4) is 0 Å². The van der Waals surface area contributed by atoms with Crippen molar-refractivity contribution in [1.82, 2.24) is 0 Å². The van der Waals surface area contributed by atoms with Gasteiger partial charge >= 0.3 is 0 Å². The molecule has 0 saturated heterocycles. The number of nitrogens with zero attached hydrogens (tertiary/aromatic N) is 3. The summed E-state index contributed by atoms with van der Waals surface area (Å²) in [5.74, 6) is 0.0929. The lowest BCUT2D eigenvalue weighted by atomic mass is 10.2. The van der Waals surface area contributed by atoms with Crippen LogP contribution >= 0.6 is 0 Å². The molecule has 2 aliphatic rings. The Morgan fingerprint density at radius 2 is 1.48 bits per heavy atom. The number of benzene rings is 1. The smallest absolute Gasteiger partial charge is 0.227 e. The summed E-state index contributed by atoms with van der Waals surface area (Å²) in [7, 11) is 0. The second-order valence-electron chi connectivity index (χ2n) is 5.49. The van der Waals surface area contributed by atoms with Gasteiger partial charge in [-0.1, -0.05) is 5.11 Å². The zero-order chi connectivity index (χ0) is 14.8. The van der Waals surface area contributed by atoms with Gasteiger partial charge in [0.2, 0.25) is 11.8 Å². The first-order chi connectivity index (χ1) is 10.2. The van der Waals surface area contributed by atoms with Gasteiger partial charge in [-0.15, -0.1) is 0 Å². The Kier molecular flexibility index (Phi) is 3.50. The van der Waals surface area contributed by atoms with Crippen molar-refractivity contribution in [3.8, 4) is 0 Å². The van der Waals surface area contributed by atoms with Gasteiger partial charge in [-0.25, -0.2) is 0 Å². The highest BCUT2D eigenvalue weighted by Crippen LogP contribution is 2.33. The van der Waals surface area contributed by atoms with Crippen molar-refractivity contribution in [2.75, 3.05) is 10.6 Å². The average molecular weight is 285 g/mol. The number of carbonyl (C=O) groups is 2. The van der Waals surface area contributed by atoms with E-state index < -0.39 is 0 Å². The molecule has 0 radical (unpaired) electrons. The molecular weight excluding hydrogens is 270 g/mol. The van der Waals surface area contributed by atoms with Crippen molar-refractivity contribution in [2.45, 2.75) is 25.7 Å². The van der Waals surface area contributed by atoms with E-state index >= 15 is 0 Å². The van der Waals surface area contributed by atoms with E-state index in [0.29, 0.717) is 17.1 Å². The maximum Gasteiger partial charge on any atom is 0.227 e. The molecule has 2 saturated carbocycles. The first-order valence-electron chi connectivity index (χ1n) is 6.97. The minimum absolute atomic E-state index is 0.0347. The van der Waals surface area contributed by atoms with Crippen LogP contribution in [0, 0.1) is 11.8 Å². The SMILES string of the molecule is [N-]=[N+]=Nc1cc(NC(=O)C2CC2)cc(NC(=O)C2CC2)c1. The molecule has 21 heavy (non-hydrogen) atoms. The van der Waals surface area contributed by atoms with Gasteiger partial charge in [-0.05, 0) is 49.4 Å². The van der Waals surface area contributed by atoms with E-state index in [2.05, 4.69) is 20.7 Å². The lowest BCUT2D eigenvalue weighted by molar-refractivity contribution is -0.118. The Morgan fingerprint density at radius 1 is 1.00 bits per heavy atom. The summed E-state index contributed by atoms with van der Waals surface area (Å²) in [6.45, 7) is 0. The molecule has 0 heterocycles. The topological polar surface area (TPSA) is 107 Å². The zero-order valence-electron chi connectivity index (χ0n) is 11.4. The average Bonchev–Trinajstić information content (AvgIpc) is 3.29. The molecule has 2 aliphatic carbocycles. The molecule has 2 fully saturated rings. The summed E-state index contributed by atoms with van der Waals surface area (Å²) < 4.78 is 0. The predicted octanol–water partition coefficient (Wildman–Crippen LogP) is 3.33. The van der Waals surface area contributed by atoms with E-state index in [9.17, 15) is 9.59 Å². The van der Waals surface area contributed by atoms with Crippen molar-refractivity contribution in [1.29, 1.82) is 0 Å². The minimum atomic E-state index is -0.0347. The van der Waals surface area contributed by atoms with E-state index in [1.54, 1.807) is 18.2 Å². The molecule has 2 N–H and O–H groups in total. The normalized spacial score (nSPS) is 16.8. The van der Waals surface area contributed by atoms with Crippen LogP contribution in [0.1, 0.15) is 25.7 Å². The molecule has 0 unspecified atom stereocenters. The molecule has 7 heteroatoms. The highest BCUT2D eigenvalue weighted by molar-refractivity contribution is 5.97. The number of carbonyl (C=O) groups excluding carboxylic acids is 2. The molecule has 0 aliphatic heterocycles. The highest BCUT2D eigenvalue weighted by Gasteiger charge is 2.30. The summed E-state index contributed by atoms with van der Waals surface area (Å²) >= 11 is 0. The number of nitrogens with one attached hydrogen (secondary N) is 2. The minimum Gasteiger partial charge on any atom is -0.326 e. The van der Waals surface area contributed by atoms with Crippen molar-refractivity contribution in [2.24, 2.45) is 17.0 Å². The fourth-order valence-electron chi connectivity index (χ4n) is 2.04. The number of hydrogen-bond acceptors (Lipinski definition) is 3. The lowest BCUT2D eigenvalue weighted by Crippen LogP contribution is -2.15. The molecule has 0 aromatic heterocycles. The summed E-state index contributed by atoms with van der Waals surface area (Å²) in [5, 5.41) is 9.12. The number of azide groups is 1. The molecule has 1 aromatic carbocycles. The maximum absolute atomic E-state index is 11.8. The summed E-state index contributed by atoms with van der Waals surface area (Å²) in [4.78, 5) is 26.3. The van der Waals surface area contributed by atoms with E-state index in [4.69, 9.17) is 5.53 Å². The summed E-state index contributed by atoms with van der Waals surface area (Å²) in [6, 6.07) is 4.86. The Labute approximate surface area is 121 Å². The van der Waals surface area contributed by atoms with Crippen LogP contribution in [0.4, 0.5) is 17.1 Å². The molecule has 0 spiro atoms. The van der Waals surface area contributed by atoms with E-state index in [1.807, 2.05) is 0 Å². The van der Waals surface area contributed by atoms with Crippen molar-refractivity contribution in [3.63, 3.8) is 0 Å². The molecule has 0 atom stereocenters. The molecule has 3 rings (SSSR count). The van der Waals surface area contributed by atoms with Gasteiger partial charge in [0.15, 0.2) is 0 Å². The monoisotopic (exact) mass is 285 g/mol. The largest absolute Gasteiger partial charge is 0.326 e. The van der Waals surface area contributed by atoms with Crippen molar-refractivity contribution < 1.29 is 9.59 Å². The summed E-state index contributed by atoms with van der Waals surface area (Å²) in [5.41, 5.74) is 9.96. The summed E-state index contributed by atoms with van der Waals surface area (Å²) in [6.07, 6.45) is 3.64. The maximum atomic E-state index is 11.8. The number of amides is 2. The molecule has 108 valence electrons. The van der Waals surface area contributed by atoms with Crippen LogP contribution in [0.2, 0.25) is 0 Å². The standard InChI is InChI=1S/C14H15N5O2/c15-19-18-12-6-10(16-13(20)8-1-2-8)5-11(7-12)17-14(21)9-3-4-9/h5-9H,1-4H2,(H,16,20)(H,17,21).